The largest absolute Gasteiger partial charge is 0.382 e. The zero-order chi connectivity index (χ0) is 19.4. The fourth-order valence-electron chi connectivity index (χ4n) is 2.17. The monoisotopic (exact) mass is 377 g/mol. The number of carbonyl (C=O) groups is 1. The second-order valence-electron chi connectivity index (χ2n) is 5.63. The molecular formula is C16H19N5O4S. The minimum atomic E-state index is -0.674. The molecule has 138 valence electrons. The summed E-state index contributed by atoms with van der Waals surface area (Å²) in [5.74, 6) is -0.788. The summed E-state index contributed by atoms with van der Waals surface area (Å²) in [5, 5.41) is 14.0. The molecule has 0 unspecified atom stereocenters. The van der Waals surface area contributed by atoms with Gasteiger partial charge in [-0.15, -0.1) is 0 Å². The van der Waals surface area contributed by atoms with Crippen molar-refractivity contribution in [1.82, 2.24) is 9.97 Å². The van der Waals surface area contributed by atoms with Crippen LogP contribution in [0.2, 0.25) is 0 Å². The predicted octanol–water partition coefficient (Wildman–Crippen LogP) is 2.71. The first-order chi connectivity index (χ1) is 12.2. The molecule has 1 heterocycles. The van der Waals surface area contributed by atoms with Crippen LogP contribution in [-0.4, -0.2) is 26.0 Å². The summed E-state index contributed by atoms with van der Waals surface area (Å²) >= 11 is 1.37. The van der Waals surface area contributed by atoms with E-state index in [1.54, 1.807) is 0 Å². The number of benzene rings is 1. The van der Waals surface area contributed by atoms with Crippen molar-refractivity contribution in [2.45, 2.75) is 37.6 Å². The molecule has 0 saturated carbocycles. The van der Waals surface area contributed by atoms with Crippen molar-refractivity contribution in [2.24, 2.45) is 0 Å². The van der Waals surface area contributed by atoms with Gasteiger partial charge in [0, 0.05) is 22.4 Å². The smallest absolute Gasteiger partial charge is 0.277 e. The first-order valence-electron chi connectivity index (χ1n) is 7.86. The van der Waals surface area contributed by atoms with Gasteiger partial charge in [0.1, 0.15) is 5.69 Å². The molecule has 9 nitrogen and oxygen atoms in total. The number of carbonyl (C=O) groups excluding carboxylic acids is 1. The minimum absolute atomic E-state index is 0.0797. The lowest BCUT2D eigenvalue weighted by molar-refractivity contribution is -0.385. The summed E-state index contributed by atoms with van der Waals surface area (Å²) in [5.41, 5.74) is 5.14. The van der Waals surface area contributed by atoms with Gasteiger partial charge in [0.15, 0.2) is 11.0 Å². The molecule has 0 aliphatic heterocycles. The maximum atomic E-state index is 12.4. The number of anilines is 2. The van der Waals surface area contributed by atoms with Crippen LogP contribution in [0.1, 0.15) is 36.2 Å². The summed E-state index contributed by atoms with van der Waals surface area (Å²) < 4.78 is 0. The van der Waals surface area contributed by atoms with E-state index in [1.165, 1.54) is 36.9 Å². The van der Waals surface area contributed by atoms with Gasteiger partial charge < -0.3 is 11.1 Å². The van der Waals surface area contributed by atoms with Crippen LogP contribution in [0.5, 0.6) is 0 Å². The van der Waals surface area contributed by atoms with Crippen LogP contribution >= 0.6 is 11.8 Å². The van der Waals surface area contributed by atoms with Gasteiger partial charge in [-0.2, -0.15) is 0 Å². The van der Waals surface area contributed by atoms with E-state index in [0.29, 0.717) is 5.16 Å². The summed E-state index contributed by atoms with van der Waals surface area (Å²) in [6, 6.07) is 4.14. The molecular weight excluding hydrogens is 358 g/mol. The number of rotatable bonds is 6. The number of thioether (sulfide) groups is 1. The number of nitrogens with one attached hydrogen (secondary N) is 2. The highest BCUT2D eigenvalue weighted by Crippen LogP contribution is 2.24. The summed E-state index contributed by atoms with van der Waals surface area (Å²) in [4.78, 5) is 41.8. The van der Waals surface area contributed by atoms with Gasteiger partial charge in [0.25, 0.3) is 17.2 Å². The third kappa shape index (κ3) is 4.20. The molecule has 0 spiro atoms. The highest BCUT2D eigenvalue weighted by atomic mass is 32.2. The first-order valence-corrected chi connectivity index (χ1v) is 8.74. The molecule has 26 heavy (non-hydrogen) atoms. The molecule has 2 rings (SSSR count). The van der Waals surface area contributed by atoms with Crippen molar-refractivity contribution in [3.05, 3.63) is 49.8 Å². The second-order valence-corrected chi connectivity index (χ2v) is 7.06. The van der Waals surface area contributed by atoms with Crippen LogP contribution in [0, 0.1) is 17.0 Å². The molecule has 0 aliphatic carbocycles. The lowest BCUT2D eigenvalue weighted by Crippen LogP contribution is -2.23. The Morgan fingerprint density at radius 3 is 2.77 bits per heavy atom. The summed E-state index contributed by atoms with van der Waals surface area (Å²) in [6.45, 7) is 5.46. The number of nitro benzene ring substituents is 1. The number of aromatic amines is 1. The van der Waals surface area contributed by atoms with Gasteiger partial charge in [0.2, 0.25) is 0 Å². The average molecular weight is 377 g/mol. The number of aromatic nitrogens is 2. The molecule has 1 aromatic carbocycles. The summed E-state index contributed by atoms with van der Waals surface area (Å²) in [6.07, 6.45) is 0.888. The maximum Gasteiger partial charge on any atom is 0.277 e. The van der Waals surface area contributed by atoms with E-state index < -0.39 is 16.4 Å². The van der Waals surface area contributed by atoms with E-state index in [2.05, 4.69) is 15.3 Å². The number of nitrogens with two attached hydrogens (primary N) is 1. The van der Waals surface area contributed by atoms with Crippen molar-refractivity contribution in [1.29, 1.82) is 0 Å². The fraction of sp³-hybridized carbons (Fsp3) is 0.312. The van der Waals surface area contributed by atoms with E-state index in [4.69, 9.17) is 5.73 Å². The van der Waals surface area contributed by atoms with E-state index in [0.717, 1.165) is 6.42 Å². The maximum absolute atomic E-state index is 12.4. The molecule has 4 N–H and O–H groups in total. The average Bonchev–Trinajstić information content (AvgIpc) is 2.57. The van der Waals surface area contributed by atoms with Crippen LogP contribution < -0.4 is 16.6 Å². The van der Waals surface area contributed by atoms with E-state index in [9.17, 15) is 19.7 Å². The van der Waals surface area contributed by atoms with Gasteiger partial charge in [-0.25, -0.2) is 4.98 Å². The highest BCUT2D eigenvalue weighted by molar-refractivity contribution is 7.99. The fourth-order valence-corrected chi connectivity index (χ4v) is 3.02. The molecule has 0 radical (unpaired) electrons. The molecule has 0 aliphatic rings. The highest BCUT2D eigenvalue weighted by Gasteiger charge is 2.20. The quantitative estimate of drug-likeness (QED) is 0.304. The zero-order valence-corrected chi connectivity index (χ0v) is 15.3. The van der Waals surface area contributed by atoms with Crippen LogP contribution in [0.15, 0.2) is 28.2 Å². The van der Waals surface area contributed by atoms with Crippen molar-refractivity contribution >= 4 is 34.9 Å². The number of nitrogens with zero attached hydrogens (tertiary/aromatic N) is 2. The Morgan fingerprint density at radius 2 is 2.19 bits per heavy atom. The SMILES string of the molecule is CC[C@@H](C)Sc1nc(N)c(NC(=O)c2cccc([N+](=O)[O-])c2C)c(=O)[nH]1. The standard InChI is InChI=1S/C16H19N5O4S/c1-4-8(2)26-16-19-13(17)12(15(23)20-16)18-14(22)10-6-5-7-11(9(10)3)21(24)25/h5-8H,4H2,1-3H3,(H,18,22)(H3,17,19,20,23)/t8-/m1/s1. The van der Waals surface area contributed by atoms with Crippen molar-refractivity contribution in [2.75, 3.05) is 11.1 Å². The number of nitro groups is 1. The zero-order valence-electron chi connectivity index (χ0n) is 14.5. The Balaban J connectivity index is 2.32. The minimum Gasteiger partial charge on any atom is -0.382 e. The Bertz CT molecular complexity index is 912. The third-order valence-electron chi connectivity index (χ3n) is 3.80. The molecule has 1 aromatic heterocycles. The summed E-state index contributed by atoms with van der Waals surface area (Å²) in [7, 11) is 0. The number of H-pyrrole nitrogens is 1. The van der Waals surface area contributed by atoms with E-state index in [1.807, 2.05) is 13.8 Å². The number of hydrogen-bond donors (Lipinski definition) is 3. The molecule has 0 bridgehead atoms. The second kappa shape index (κ2) is 8.00. The number of amides is 1. The predicted molar refractivity (Wildman–Crippen MR) is 101 cm³/mol. The van der Waals surface area contributed by atoms with Gasteiger partial charge in [-0.1, -0.05) is 31.7 Å². The Hall–Kier alpha value is -2.88. The van der Waals surface area contributed by atoms with Crippen molar-refractivity contribution in [3.8, 4) is 0 Å². The van der Waals surface area contributed by atoms with Crippen LogP contribution in [0.4, 0.5) is 17.2 Å². The molecule has 0 fully saturated rings. The third-order valence-corrected chi connectivity index (χ3v) is 4.95. The van der Waals surface area contributed by atoms with Crippen LogP contribution in [0.25, 0.3) is 0 Å². The van der Waals surface area contributed by atoms with E-state index >= 15 is 0 Å². The van der Waals surface area contributed by atoms with Gasteiger partial charge in [0.05, 0.1) is 4.92 Å². The molecule has 2 aromatic rings. The Labute approximate surface area is 153 Å². The Morgan fingerprint density at radius 1 is 1.50 bits per heavy atom. The van der Waals surface area contributed by atoms with Crippen molar-refractivity contribution < 1.29 is 9.72 Å². The Kier molecular flexibility index (Phi) is 5.98. The van der Waals surface area contributed by atoms with Crippen molar-refractivity contribution in [3.63, 3.8) is 0 Å². The van der Waals surface area contributed by atoms with Gasteiger partial charge in [-0.3, -0.25) is 24.7 Å². The molecule has 1 amide bonds. The molecule has 0 saturated heterocycles. The van der Waals surface area contributed by atoms with Gasteiger partial charge >= 0.3 is 0 Å². The normalized spacial score (nSPS) is 11.8. The molecule has 10 heteroatoms. The lowest BCUT2D eigenvalue weighted by atomic mass is 10.1. The number of hydrogen-bond acceptors (Lipinski definition) is 7. The lowest BCUT2D eigenvalue weighted by Gasteiger charge is -2.11. The first kappa shape index (κ1) is 19.4. The van der Waals surface area contributed by atoms with Crippen LogP contribution in [0.3, 0.4) is 0 Å². The molecule has 1 atom stereocenters. The van der Waals surface area contributed by atoms with Gasteiger partial charge in [-0.05, 0) is 19.4 Å². The number of nitrogen functional groups attached to an aromatic ring is 1. The van der Waals surface area contributed by atoms with E-state index in [-0.39, 0.29) is 33.6 Å². The topological polar surface area (TPSA) is 144 Å². The van der Waals surface area contributed by atoms with Crippen LogP contribution in [-0.2, 0) is 0 Å².